The van der Waals surface area contributed by atoms with E-state index in [4.69, 9.17) is 4.74 Å². The number of carboxylic acid groups (broad SMARTS) is 1. The Hall–Kier alpha value is -1.92. The number of rotatable bonds is 4. The van der Waals surface area contributed by atoms with E-state index in [9.17, 15) is 14.7 Å². The standard InChI is InChI=1S/C14H18N2O4/c1-14(13(18)19,10-5-3-2-4-6-10)16-12(17)11-9-20-8-7-15-11/h2-6,11,15H,7-9H2,1H3,(H,16,17)(H,18,19). The van der Waals surface area contributed by atoms with Gasteiger partial charge >= 0.3 is 5.97 Å². The Morgan fingerprint density at radius 3 is 2.65 bits per heavy atom. The van der Waals surface area contributed by atoms with Gasteiger partial charge in [0, 0.05) is 6.54 Å². The Labute approximate surface area is 117 Å². The van der Waals surface area contributed by atoms with Crippen molar-refractivity contribution in [3.8, 4) is 0 Å². The van der Waals surface area contributed by atoms with E-state index in [0.717, 1.165) is 0 Å². The van der Waals surface area contributed by atoms with Gasteiger partial charge in [-0.2, -0.15) is 0 Å². The summed E-state index contributed by atoms with van der Waals surface area (Å²) in [5, 5.41) is 15.1. The third-order valence-corrected chi connectivity index (χ3v) is 3.39. The van der Waals surface area contributed by atoms with Crippen molar-refractivity contribution in [1.29, 1.82) is 0 Å². The molecule has 0 radical (unpaired) electrons. The van der Waals surface area contributed by atoms with Crippen LogP contribution in [0.5, 0.6) is 0 Å². The van der Waals surface area contributed by atoms with Crippen molar-refractivity contribution < 1.29 is 19.4 Å². The lowest BCUT2D eigenvalue weighted by atomic mass is 9.91. The van der Waals surface area contributed by atoms with Gasteiger partial charge in [0.05, 0.1) is 13.2 Å². The summed E-state index contributed by atoms with van der Waals surface area (Å²) in [4.78, 5) is 23.7. The van der Waals surface area contributed by atoms with Crippen LogP contribution >= 0.6 is 0 Å². The highest BCUT2D eigenvalue weighted by Crippen LogP contribution is 2.21. The molecule has 6 nitrogen and oxygen atoms in total. The van der Waals surface area contributed by atoms with Gasteiger partial charge in [0.1, 0.15) is 6.04 Å². The van der Waals surface area contributed by atoms with Crippen LogP contribution in [0.2, 0.25) is 0 Å². The molecule has 1 heterocycles. The van der Waals surface area contributed by atoms with Crippen molar-refractivity contribution in [1.82, 2.24) is 10.6 Å². The molecule has 2 unspecified atom stereocenters. The molecule has 0 saturated carbocycles. The number of ether oxygens (including phenoxy) is 1. The second kappa shape index (κ2) is 6.02. The van der Waals surface area contributed by atoms with Gasteiger partial charge in [-0.3, -0.25) is 4.79 Å². The minimum atomic E-state index is -1.46. The van der Waals surface area contributed by atoms with Crippen LogP contribution in [0.4, 0.5) is 0 Å². The monoisotopic (exact) mass is 278 g/mol. The normalized spacial score (nSPS) is 21.8. The predicted molar refractivity (Wildman–Crippen MR) is 72.2 cm³/mol. The Morgan fingerprint density at radius 2 is 2.10 bits per heavy atom. The Morgan fingerprint density at radius 1 is 1.40 bits per heavy atom. The number of morpholine rings is 1. The first-order chi connectivity index (χ1) is 9.54. The molecule has 2 atom stereocenters. The maximum atomic E-state index is 12.2. The first-order valence-electron chi connectivity index (χ1n) is 6.46. The number of carboxylic acids is 1. The van der Waals surface area contributed by atoms with Crippen molar-refractivity contribution in [3.63, 3.8) is 0 Å². The van der Waals surface area contributed by atoms with Gasteiger partial charge < -0.3 is 20.5 Å². The lowest BCUT2D eigenvalue weighted by Gasteiger charge is -2.30. The first kappa shape index (κ1) is 14.5. The Kier molecular flexibility index (Phi) is 4.36. The molecular weight excluding hydrogens is 260 g/mol. The second-order valence-corrected chi connectivity index (χ2v) is 4.87. The molecule has 2 rings (SSSR count). The average Bonchev–Trinajstić information content (AvgIpc) is 2.48. The van der Waals surface area contributed by atoms with Crippen molar-refractivity contribution in [2.45, 2.75) is 18.5 Å². The third kappa shape index (κ3) is 2.97. The van der Waals surface area contributed by atoms with Crippen LogP contribution in [-0.4, -0.2) is 42.8 Å². The van der Waals surface area contributed by atoms with Crippen LogP contribution in [0.3, 0.4) is 0 Å². The van der Waals surface area contributed by atoms with Crippen molar-refractivity contribution >= 4 is 11.9 Å². The van der Waals surface area contributed by atoms with E-state index in [2.05, 4.69) is 10.6 Å². The molecule has 6 heteroatoms. The second-order valence-electron chi connectivity index (χ2n) is 4.87. The van der Waals surface area contributed by atoms with E-state index >= 15 is 0 Å². The first-order valence-corrected chi connectivity index (χ1v) is 6.46. The molecule has 3 N–H and O–H groups in total. The number of carbonyl (C=O) groups excluding carboxylic acids is 1. The number of hydrogen-bond donors (Lipinski definition) is 3. The zero-order valence-corrected chi connectivity index (χ0v) is 11.3. The highest BCUT2D eigenvalue weighted by atomic mass is 16.5. The molecule has 1 fully saturated rings. The number of carbonyl (C=O) groups is 2. The number of benzene rings is 1. The fraction of sp³-hybridized carbons (Fsp3) is 0.429. The summed E-state index contributed by atoms with van der Waals surface area (Å²) in [5.41, 5.74) is -0.935. The van der Waals surface area contributed by atoms with E-state index in [-0.39, 0.29) is 12.5 Å². The van der Waals surface area contributed by atoms with Crippen molar-refractivity contribution in [2.75, 3.05) is 19.8 Å². The van der Waals surface area contributed by atoms with Crippen LogP contribution in [0.1, 0.15) is 12.5 Å². The number of hydrogen-bond acceptors (Lipinski definition) is 4. The molecule has 108 valence electrons. The molecule has 0 bridgehead atoms. The van der Waals surface area contributed by atoms with Crippen LogP contribution in [-0.2, 0) is 19.9 Å². The van der Waals surface area contributed by atoms with Crippen LogP contribution < -0.4 is 10.6 Å². The van der Waals surface area contributed by atoms with E-state index in [0.29, 0.717) is 18.7 Å². The molecule has 1 saturated heterocycles. The van der Waals surface area contributed by atoms with Gasteiger partial charge in [-0.15, -0.1) is 0 Å². The molecule has 0 aromatic heterocycles. The minimum Gasteiger partial charge on any atom is -0.479 e. The van der Waals surface area contributed by atoms with Crippen molar-refractivity contribution in [2.24, 2.45) is 0 Å². The zero-order valence-electron chi connectivity index (χ0n) is 11.3. The van der Waals surface area contributed by atoms with E-state index in [1.54, 1.807) is 30.3 Å². The molecule has 0 aliphatic carbocycles. The largest absolute Gasteiger partial charge is 0.479 e. The molecule has 20 heavy (non-hydrogen) atoms. The zero-order chi connectivity index (χ0) is 14.6. The Balaban J connectivity index is 2.17. The molecule has 0 spiro atoms. The molecule has 1 aliphatic rings. The molecule has 1 amide bonds. The summed E-state index contributed by atoms with van der Waals surface area (Å²) in [6.07, 6.45) is 0. The summed E-state index contributed by atoms with van der Waals surface area (Å²) in [6.45, 7) is 2.86. The van der Waals surface area contributed by atoms with Crippen molar-refractivity contribution in [3.05, 3.63) is 35.9 Å². The summed E-state index contributed by atoms with van der Waals surface area (Å²) < 4.78 is 5.21. The van der Waals surface area contributed by atoms with Gasteiger partial charge in [-0.25, -0.2) is 4.79 Å². The topological polar surface area (TPSA) is 87.7 Å². The average molecular weight is 278 g/mol. The van der Waals surface area contributed by atoms with Crippen LogP contribution in [0.25, 0.3) is 0 Å². The van der Waals surface area contributed by atoms with E-state index < -0.39 is 17.6 Å². The fourth-order valence-corrected chi connectivity index (χ4v) is 2.09. The fourth-order valence-electron chi connectivity index (χ4n) is 2.09. The van der Waals surface area contributed by atoms with Crippen LogP contribution in [0, 0.1) is 0 Å². The highest BCUT2D eigenvalue weighted by molar-refractivity contribution is 5.90. The summed E-state index contributed by atoms with van der Waals surface area (Å²) >= 11 is 0. The van der Waals surface area contributed by atoms with Gasteiger partial charge in [-0.05, 0) is 12.5 Å². The van der Waals surface area contributed by atoms with E-state index in [1.807, 2.05) is 0 Å². The molecular formula is C14H18N2O4. The number of nitrogens with one attached hydrogen (secondary N) is 2. The lowest BCUT2D eigenvalue weighted by molar-refractivity contribution is -0.148. The molecule has 1 aromatic carbocycles. The van der Waals surface area contributed by atoms with Gasteiger partial charge in [0.2, 0.25) is 5.91 Å². The summed E-state index contributed by atoms with van der Waals surface area (Å²) in [7, 11) is 0. The SMILES string of the molecule is CC(NC(=O)C1COCCN1)(C(=O)O)c1ccccc1. The number of aliphatic carboxylic acids is 1. The number of amides is 1. The minimum absolute atomic E-state index is 0.246. The Bertz CT molecular complexity index is 485. The smallest absolute Gasteiger partial charge is 0.333 e. The van der Waals surface area contributed by atoms with Gasteiger partial charge in [0.25, 0.3) is 0 Å². The molecule has 1 aliphatic heterocycles. The highest BCUT2D eigenvalue weighted by Gasteiger charge is 2.38. The van der Waals surface area contributed by atoms with E-state index in [1.165, 1.54) is 6.92 Å². The quantitative estimate of drug-likeness (QED) is 0.726. The third-order valence-electron chi connectivity index (χ3n) is 3.39. The summed E-state index contributed by atoms with van der Waals surface area (Å²) in [5.74, 6) is -1.48. The van der Waals surface area contributed by atoms with Gasteiger partial charge in [-0.1, -0.05) is 30.3 Å². The summed E-state index contributed by atoms with van der Waals surface area (Å²) in [6, 6.07) is 8.11. The lowest BCUT2D eigenvalue weighted by Crippen LogP contribution is -2.58. The predicted octanol–water partition coefficient (Wildman–Crippen LogP) is 0.0910. The van der Waals surface area contributed by atoms with Crippen LogP contribution in [0.15, 0.2) is 30.3 Å². The van der Waals surface area contributed by atoms with Gasteiger partial charge in [0.15, 0.2) is 5.54 Å². The maximum Gasteiger partial charge on any atom is 0.333 e. The molecule has 1 aromatic rings. The maximum absolute atomic E-state index is 12.2.